The molecular formula is C19H30Cl2FN3O. The molecule has 1 aromatic carbocycles. The summed E-state index contributed by atoms with van der Waals surface area (Å²) in [4.78, 5) is 14.8. The summed E-state index contributed by atoms with van der Waals surface area (Å²) >= 11 is 0. The molecule has 2 fully saturated rings. The number of anilines is 2. The van der Waals surface area contributed by atoms with Gasteiger partial charge < -0.3 is 16.0 Å². The highest BCUT2D eigenvalue weighted by Crippen LogP contribution is 2.39. The highest BCUT2D eigenvalue weighted by Gasteiger charge is 2.33. The quantitative estimate of drug-likeness (QED) is 0.757. The Morgan fingerprint density at radius 3 is 2.38 bits per heavy atom. The largest absolute Gasteiger partial charge is 0.370 e. The summed E-state index contributed by atoms with van der Waals surface area (Å²) in [6.45, 7) is 2.36. The number of halogens is 3. The van der Waals surface area contributed by atoms with Gasteiger partial charge in [-0.2, -0.15) is 0 Å². The van der Waals surface area contributed by atoms with Gasteiger partial charge in [-0.3, -0.25) is 4.79 Å². The van der Waals surface area contributed by atoms with E-state index < -0.39 is 0 Å². The Morgan fingerprint density at radius 2 is 1.77 bits per heavy atom. The lowest BCUT2D eigenvalue weighted by atomic mass is 9.71. The highest BCUT2D eigenvalue weighted by atomic mass is 35.5. The SMILES string of the molecule is Cl.Cl.NCC1(CC(=O)Nc2c(F)cccc2N2CCCC2)CCCCC1. The predicted molar refractivity (Wildman–Crippen MR) is 110 cm³/mol. The van der Waals surface area contributed by atoms with Crippen molar-refractivity contribution in [2.75, 3.05) is 29.9 Å². The normalized spacial score (nSPS) is 18.6. The van der Waals surface area contributed by atoms with Crippen LogP contribution in [0, 0.1) is 11.2 Å². The van der Waals surface area contributed by atoms with Crippen LogP contribution >= 0.6 is 24.8 Å². The number of hydrogen-bond acceptors (Lipinski definition) is 3. The molecule has 1 aliphatic heterocycles. The summed E-state index contributed by atoms with van der Waals surface area (Å²) < 4.78 is 14.4. The van der Waals surface area contributed by atoms with Crippen molar-refractivity contribution in [3.63, 3.8) is 0 Å². The lowest BCUT2D eigenvalue weighted by Crippen LogP contribution is -2.36. The Kier molecular flexibility index (Phi) is 9.14. The molecule has 0 bridgehead atoms. The van der Waals surface area contributed by atoms with E-state index in [0.29, 0.717) is 18.7 Å². The smallest absolute Gasteiger partial charge is 0.225 e. The zero-order valence-corrected chi connectivity index (χ0v) is 16.8. The van der Waals surface area contributed by atoms with Gasteiger partial charge in [-0.25, -0.2) is 4.39 Å². The summed E-state index contributed by atoms with van der Waals surface area (Å²) in [5.74, 6) is -0.480. The Morgan fingerprint density at radius 1 is 1.12 bits per heavy atom. The molecule has 7 heteroatoms. The van der Waals surface area contributed by atoms with Crippen LogP contribution in [0.4, 0.5) is 15.8 Å². The average Bonchev–Trinajstić information content (AvgIpc) is 3.12. The molecule has 0 unspecified atom stereocenters. The molecule has 1 saturated carbocycles. The minimum atomic E-state index is -0.363. The number of rotatable bonds is 5. The second-order valence-corrected chi connectivity index (χ2v) is 7.32. The van der Waals surface area contributed by atoms with Gasteiger partial charge in [0.1, 0.15) is 11.5 Å². The van der Waals surface area contributed by atoms with Crippen LogP contribution in [-0.2, 0) is 4.79 Å². The molecule has 0 aromatic heterocycles. The zero-order valence-electron chi connectivity index (χ0n) is 15.1. The first kappa shape index (κ1) is 23.0. The number of nitrogens with zero attached hydrogens (tertiary/aromatic N) is 1. The van der Waals surface area contributed by atoms with Crippen LogP contribution in [0.5, 0.6) is 0 Å². The lowest BCUT2D eigenvalue weighted by molar-refractivity contribution is -0.118. The fourth-order valence-electron chi connectivity index (χ4n) is 4.14. The minimum Gasteiger partial charge on any atom is -0.370 e. The fraction of sp³-hybridized carbons (Fsp3) is 0.632. The van der Waals surface area contributed by atoms with Crippen molar-refractivity contribution in [3.8, 4) is 0 Å². The van der Waals surface area contributed by atoms with Crippen molar-refractivity contribution in [1.82, 2.24) is 0 Å². The first-order valence-corrected chi connectivity index (χ1v) is 9.17. The van der Waals surface area contributed by atoms with Gasteiger partial charge in [0.05, 0.1) is 5.69 Å². The topological polar surface area (TPSA) is 58.4 Å². The molecule has 0 spiro atoms. The van der Waals surface area contributed by atoms with Crippen LogP contribution in [-0.4, -0.2) is 25.5 Å². The molecule has 148 valence electrons. The van der Waals surface area contributed by atoms with E-state index in [1.54, 1.807) is 6.07 Å². The molecule has 0 atom stereocenters. The Hall–Kier alpha value is -1.04. The molecule has 4 nitrogen and oxygen atoms in total. The van der Waals surface area contributed by atoms with Crippen molar-refractivity contribution in [1.29, 1.82) is 0 Å². The third-order valence-electron chi connectivity index (χ3n) is 5.59. The maximum Gasteiger partial charge on any atom is 0.225 e. The van der Waals surface area contributed by atoms with E-state index in [9.17, 15) is 9.18 Å². The molecule has 1 saturated heterocycles. The highest BCUT2D eigenvalue weighted by molar-refractivity contribution is 5.95. The Bertz CT molecular complexity index is 588. The van der Waals surface area contributed by atoms with Crippen molar-refractivity contribution < 1.29 is 9.18 Å². The molecule has 3 N–H and O–H groups in total. The number of benzene rings is 1. The van der Waals surface area contributed by atoms with Gasteiger partial charge in [0.25, 0.3) is 0 Å². The Balaban J connectivity index is 0.00000169. The number of nitrogens with one attached hydrogen (secondary N) is 1. The first-order chi connectivity index (χ1) is 11.6. The lowest BCUT2D eigenvalue weighted by Gasteiger charge is -2.35. The van der Waals surface area contributed by atoms with Gasteiger partial charge in [-0.05, 0) is 49.8 Å². The van der Waals surface area contributed by atoms with Gasteiger partial charge >= 0.3 is 0 Å². The van der Waals surface area contributed by atoms with Crippen LogP contribution in [0.1, 0.15) is 51.4 Å². The van der Waals surface area contributed by atoms with Crippen molar-refractivity contribution in [3.05, 3.63) is 24.0 Å². The molecular weight excluding hydrogens is 376 g/mol. The number of nitrogens with two attached hydrogens (primary N) is 1. The van der Waals surface area contributed by atoms with Gasteiger partial charge in [-0.15, -0.1) is 24.8 Å². The molecule has 2 aliphatic rings. The summed E-state index contributed by atoms with van der Waals surface area (Å²) in [5.41, 5.74) is 6.99. The monoisotopic (exact) mass is 405 g/mol. The summed E-state index contributed by atoms with van der Waals surface area (Å²) in [5, 5.41) is 2.85. The van der Waals surface area contributed by atoms with Gasteiger partial charge in [0, 0.05) is 19.5 Å². The molecule has 1 aliphatic carbocycles. The molecule has 26 heavy (non-hydrogen) atoms. The number of para-hydroxylation sites is 1. The number of amides is 1. The molecule has 1 amide bonds. The standard InChI is InChI=1S/C19H28FN3O.2ClH/c20-15-7-6-8-16(23-11-4-5-12-23)18(15)22-17(24)13-19(14-21)9-2-1-3-10-19;;/h6-8H,1-5,9-14,21H2,(H,22,24);2*1H. The van der Waals surface area contributed by atoms with Crippen molar-refractivity contribution in [2.24, 2.45) is 11.1 Å². The van der Waals surface area contributed by atoms with Gasteiger partial charge in [0.15, 0.2) is 0 Å². The summed E-state index contributed by atoms with van der Waals surface area (Å²) in [6.07, 6.45) is 8.07. The summed E-state index contributed by atoms with van der Waals surface area (Å²) in [7, 11) is 0. The van der Waals surface area contributed by atoms with E-state index in [0.717, 1.165) is 57.3 Å². The second kappa shape index (κ2) is 10.3. The van der Waals surface area contributed by atoms with Crippen LogP contribution in [0.2, 0.25) is 0 Å². The molecule has 1 aromatic rings. The fourth-order valence-corrected chi connectivity index (χ4v) is 4.14. The van der Waals surface area contributed by atoms with Gasteiger partial charge in [-0.1, -0.05) is 25.3 Å². The molecule has 0 radical (unpaired) electrons. The summed E-state index contributed by atoms with van der Waals surface area (Å²) in [6, 6.07) is 5.01. The predicted octanol–water partition coefficient (Wildman–Crippen LogP) is 4.51. The van der Waals surface area contributed by atoms with Crippen molar-refractivity contribution in [2.45, 2.75) is 51.4 Å². The third kappa shape index (κ3) is 5.24. The zero-order chi connectivity index (χ0) is 17.0. The van der Waals surface area contributed by atoms with Crippen molar-refractivity contribution >= 4 is 42.1 Å². The van der Waals surface area contributed by atoms with Crippen LogP contribution in [0.3, 0.4) is 0 Å². The van der Waals surface area contributed by atoms with Crippen LogP contribution in [0.25, 0.3) is 0 Å². The van der Waals surface area contributed by atoms with E-state index in [4.69, 9.17) is 5.73 Å². The molecule has 1 heterocycles. The maximum absolute atomic E-state index is 14.4. The van der Waals surface area contributed by atoms with E-state index in [-0.39, 0.29) is 42.0 Å². The Labute approximate surface area is 167 Å². The van der Waals surface area contributed by atoms with E-state index in [1.807, 2.05) is 6.07 Å². The second-order valence-electron chi connectivity index (χ2n) is 7.32. The van der Waals surface area contributed by atoms with E-state index in [2.05, 4.69) is 10.2 Å². The van der Waals surface area contributed by atoms with E-state index >= 15 is 0 Å². The minimum absolute atomic E-state index is 0. The first-order valence-electron chi connectivity index (χ1n) is 9.17. The number of carbonyl (C=O) groups is 1. The number of hydrogen-bond donors (Lipinski definition) is 2. The third-order valence-corrected chi connectivity index (χ3v) is 5.59. The molecule has 3 rings (SSSR count). The average molecular weight is 406 g/mol. The number of carbonyl (C=O) groups excluding carboxylic acids is 1. The van der Waals surface area contributed by atoms with Crippen LogP contribution < -0.4 is 16.0 Å². The van der Waals surface area contributed by atoms with Crippen LogP contribution in [0.15, 0.2) is 18.2 Å². The maximum atomic E-state index is 14.4. The van der Waals surface area contributed by atoms with E-state index in [1.165, 1.54) is 12.5 Å². The van der Waals surface area contributed by atoms with Gasteiger partial charge in [0.2, 0.25) is 5.91 Å².